The quantitative estimate of drug-likeness (QED) is 0.475. The predicted molar refractivity (Wildman–Crippen MR) is 79.8 cm³/mol. The molecule has 0 aromatic rings. The molecular weight excluding hydrogens is 295 g/mol. The van der Waals surface area contributed by atoms with E-state index in [-0.39, 0.29) is 24.0 Å². The molecule has 1 fully saturated rings. The third-order valence-corrected chi connectivity index (χ3v) is 4.40. The van der Waals surface area contributed by atoms with Crippen molar-refractivity contribution < 1.29 is 0 Å². The minimum absolute atomic E-state index is 0. The molecule has 0 aromatic carbocycles. The number of rotatable bonds is 3. The van der Waals surface area contributed by atoms with Gasteiger partial charge in [-0.3, -0.25) is 0 Å². The molecule has 92 valence electrons. The van der Waals surface area contributed by atoms with Crippen LogP contribution in [0.5, 0.6) is 0 Å². The van der Waals surface area contributed by atoms with Crippen LogP contribution in [0.1, 0.15) is 66.2 Å². The van der Waals surface area contributed by atoms with Gasteiger partial charge >= 0.3 is 0 Å². The molecular formula is C14H29I. The van der Waals surface area contributed by atoms with Crippen LogP contribution in [0.4, 0.5) is 0 Å². The summed E-state index contributed by atoms with van der Waals surface area (Å²) in [6, 6.07) is 0. The number of halogens is 1. The van der Waals surface area contributed by atoms with Crippen LogP contribution in [0.2, 0.25) is 0 Å². The van der Waals surface area contributed by atoms with E-state index in [9.17, 15) is 0 Å². The standard InChI is InChI=1S/C14H28.HI/c1-5-12(4)14-9-7-6-8-13(10-14)11(2)3;/h11-14H,5-10H2,1-4H3;1H/t12?,13-,14?;/m1./s1. The summed E-state index contributed by atoms with van der Waals surface area (Å²) >= 11 is 0. The van der Waals surface area contributed by atoms with Gasteiger partial charge in [-0.15, -0.1) is 24.0 Å². The zero-order chi connectivity index (χ0) is 10.6. The molecule has 0 aliphatic heterocycles. The van der Waals surface area contributed by atoms with Crippen molar-refractivity contribution in [3.05, 3.63) is 0 Å². The molecule has 2 unspecified atom stereocenters. The summed E-state index contributed by atoms with van der Waals surface area (Å²) in [5.74, 6) is 3.89. The van der Waals surface area contributed by atoms with Gasteiger partial charge in [0, 0.05) is 0 Å². The van der Waals surface area contributed by atoms with Gasteiger partial charge in [0.25, 0.3) is 0 Å². The van der Waals surface area contributed by atoms with E-state index in [1.165, 1.54) is 38.5 Å². The lowest BCUT2D eigenvalue weighted by Gasteiger charge is -2.26. The minimum atomic E-state index is 0. The molecule has 1 saturated carbocycles. The van der Waals surface area contributed by atoms with Gasteiger partial charge in [0.2, 0.25) is 0 Å². The van der Waals surface area contributed by atoms with E-state index in [0.717, 1.165) is 23.7 Å². The average molecular weight is 324 g/mol. The highest BCUT2D eigenvalue weighted by Crippen LogP contribution is 2.36. The van der Waals surface area contributed by atoms with Gasteiger partial charge in [-0.05, 0) is 30.1 Å². The maximum absolute atomic E-state index is 2.45. The van der Waals surface area contributed by atoms with Gasteiger partial charge in [0.15, 0.2) is 0 Å². The molecule has 0 amide bonds. The fourth-order valence-corrected chi connectivity index (χ4v) is 2.89. The van der Waals surface area contributed by atoms with E-state index < -0.39 is 0 Å². The fraction of sp³-hybridized carbons (Fsp3) is 1.00. The molecule has 0 aromatic heterocycles. The third-order valence-electron chi connectivity index (χ3n) is 4.40. The van der Waals surface area contributed by atoms with E-state index in [4.69, 9.17) is 0 Å². The van der Waals surface area contributed by atoms with Gasteiger partial charge in [-0.25, -0.2) is 0 Å². The smallest absolute Gasteiger partial charge is 0.0386 e. The van der Waals surface area contributed by atoms with Crippen molar-refractivity contribution in [2.45, 2.75) is 66.2 Å². The highest BCUT2D eigenvalue weighted by molar-refractivity contribution is 14.0. The number of hydrogen-bond acceptors (Lipinski definition) is 0. The van der Waals surface area contributed by atoms with Crippen molar-refractivity contribution in [2.24, 2.45) is 23.7 Å². The van der Waals surface area contributed by atoms with Crippen molar-refractivity contribution in [1.29, 1.82) is 0 Å². The first-order valence-corrected chi connectivity index (χ1v) is 6.65. The average Bonchev–Trinajstić information content (AvgIpc) is 2.41. The zero-order valence-corrected chi connectivity index (χ0v) is 13.3. The van der Waals surface area contributed by atoms with Crippen molar-refractivity contribution in [3.63, 3.8) is 0 Å². The minimum Gasteiger partial charge on any atom is -0.107 e. The maximum Gasteiger partial charge on any atom is -0.0386 e. The molecule has 1 aliphatic rings. The first-order chi connectivity index (χ1) is 6.65. The van der Waals surface area contributed by atoms with E-state index in [0.29, 0.717) is 0 Å². The molecule has 3 atom stereocenters. The Morgan fingerprint density at radius 3 is 2.00 bits per heavy atom. The molecule has 0 radical (unpaired) electrons. The highest BCUT2D eigenvalue weighted by Gasteiger charge is 2.25. The molecule has 0 N–H and O–H groups in total. The summed E-state index contributed by atoms with van der Waals surface area (Å²) in [6.07, 6.45) is 8.83. The summed E-state index contributed by atoms with van der Waals surface area (Å²) < 4.78 is 0. The van der Waals surface area contributed by atoms with E-state index in [1.54, 1.807) is 0 Å². The lowest BCUT2D eigenvalue weighted by atomic mass is 9.79. The Kier molecular flexibility index (Phi) is 8.30. The normalized spacial score (nSPS) is 29.4. The number of hydrogen-bond donors (Lipinski definition) is 0. The zero-order valence-electron chi connectivity index (χ0n) is 11.0. The van der Waals surface area contributed by atoms with Crippen molar-refractivity contribution >= 4 is 24.0 Å². The molecule has 0 heterocycles. The first kappa shape index (κ1) is 15.7. The molecule has 0 bridgehead atoms. The van der Waals surface area contributed by atoms with Gasteiger partial charge in [0.05, 0.1) is 0 Å². The van der Waals surface area contributed by atoms with Gasteiger partial charge in [0.1, 0.15) is 0 Å². The molecule has 1 heteroatoms. The Morgan fingerprint density at radius 1 is 1.00 bits per heavy atom. The molecule has 1 rings (SSSR count). The summed E-state index contributed by atoms with van der Waals surface area (Å²) in [6.45, 7) is 9.61. The fourth-order valence-electron chi connectivity index (χ4n) is 2.89. The van der Waals surface area contributed by atoms with Gasteiger partial charge < -0.3 is 0 Å². The van der Waals surface area contributed by atoms with E-state index in [1.807, 2.05) is 0 Å². The van der Waals surface area contributed by atoms with Crippen LogP contribution < -0.4 is 0 Å². The second kappa shape index (κ2) is 7.92. The highest BCUT2D eigenvalue weighted by atomic mass is 127. The van der Waals surface area contributed by atoms with Crippen LogP contribution in [0.15, 0.2) is 0 Å². The largest absolute Gasteiger partial charge is 0.107 e. The third kappa shape index (κ3) is 5.06. The van der Waals surface area contributed by atoms with Crippen molar-refractivity contribution in [2.75, 3.05) is 0 Å². The lowest BCUT2D eigenvalue weighted by Crippen LogP contribution is -2.16. The molecule has 0 saturated heterocycles. The topological polar surface area (TPSA) is 0 Å². The van der Waals surface area contributed by atoms with Crippen molar-refractivity contribution in [1.82, 2.24) is 0 Å². The van der Waals surface area contributed by atoms with Crippen LogP contribution in [-0.4, -0.2) is 0 Å². The molecule has 0 nitrogen and oxygen atoms in total. The Morgan fingerprint density at radius 2 is 1.53 bits per heavy atom. The molecule has 15 heavy (non-hydrogen) atoms. The molecule has 0 spiro atoms. The summed E-state index contributed by atoms with van der Waals surface area (Å²) in [5, 5.41) is 0. The Labute approximate surface area is 114 Å². The summed E-state index contributed by atoms with van der Waals surface area (Å²) in [4.78, 5) is 0. The Bertz CT molecular complexity index is 153. The SMILES string of the molecule is CCC(C)C1CCCC[C@@H](C(C)C)C1.I. The second-order valence-electron chi connectivity index (χ2n) is 5.67. The molecule has 1 aliphatic carbocycles. The van der Waals surface area contributed by atoms with E-state index in [2.05, 4.69) is 27.7 Å². The summed E-state index contributed by atoms with van der Waals surface area (Å²) in [7, 11) is 0. The van der Waals surface area contributed by atoms with E-state index >= 15 is 0 Å². The predicted octanol–water partition coefficient (Wildman–Crippen LogP) is 5.50. The lowest BCUT2D eigenvalue weighted by molar-refractivity contribution is 0.241. The maximum atomic E-state index is 2.45. The van der Waals surface area contributed by atoms with Crippen LogP contribution in [0.25, 0.3) is 0 Å². The Hall–Kier alpha value is 0.730. The second-order valence-corrected chi connectivity index (χ2v) is 5.67. The Balaban J connectivity index is 0.00000196. The van der Waals surface area contributed by atoms with Crippen LogP contribution in [0, 0.1) is 23.7 Å². The monoisotopic (exact) mass is 324 g/mol. The van der Waals surface area contributed by atoms with Gasteiger partial charge in [-0.1, -0.05) is 59.8 Å². The first-order valence-electron chi connectivity index (χ1n) is 6.65. The van der Waals surface area contributed by atoms with Gasteiger partial charge in [-0.2, -0.15) is 0 Å². The van der Waals surface area contributed by atoms with Crippen LogP contribution >= 0.6 is 24.0 Å². The van der Waals surface area contributed by atoms with Crippen LogP contribution in [-0.2, 0) is 0 Å². The van der Waals surface area contributed by atoms with Crippen LogP contribution in [0.3, 0.4) is 0 Å². The summed E-state index contributed by atoms with van der Waals surface area (Å²) in [5.41, 5.74) is 0. The van der Waals surface area contributed by atoms with Crippen molar-refractivity contribution in [3.8, 4) is 0 Å².